The summed E-state index contributed by atoms with van der Waals surface area (Å²) < 4.78 is 26.2. The topological polar surface area (TPSA) is 20.2 Å². The Labute approximate surface area is 89.9 Å². The van der Waals surface area contributed by atoms with Gasteiger partial charge < -0.3 is 5.11 Å². The van der Waals surface area contributed by atoms with Gasteiger partial charge in [0.1, 0.15) is 0 Å². The van der Waals surface area contributed by atoms with E-state index in [4.69, 9.17) is 5.11 Å². The molecule has 0 saturated carbocycles. The van der Waals surface area contributed by atoms with Crippen LogP contribution in [0.4, 0.5) is 8.78 Å². The van der Waals surface area contributed by atoms with E-state index in [1.165, 1.54) is 0 Å². The summed E-state index contributed by atoms with van der Waals surface area (Å²) in [4.78, 5) is 0. The molecule has 1 aromatic rings. The first kappa shape index (κ1) is 11.6. The van der Waals surface area contributed by atoms with Crippen molar-refractivity contribution in [1.29, 1.82) is 0 Å². The second-order valence-electron chi connectivity index (χ2n) is 3.79. The van der Waals surface area contributed by atoms with Crippen LogP contribution in [0.5, 0.6) is 0 Å². The lowest BCUT2D eigenvalue weighted by Gasteiger charge is -2.23. The minimum atomic E-state index is -0.898. The van der Waals surface area contributed by atoms with Crippen molar-refractivity contribution in [2.45, 2.75) is 19.3 Å². The van der Waals surface area contributed by atoms with Gasteiger partial charge in [-0.2, -0.15) is 0 Å². The van der Waals surface area contributed by atoms with Gasteiger partial charge in [-0.3, -0.25) is 0 Å². The SMILES string of the molecule is CC(C)(CO)c1cc(F)c(F)cc1Br. The van der Waals surface area contributed by atoms with Crippen LogP contribution in [0.3, 0.4) is 0 Å². The maximum Gasteiger partial charge on any atom is 0.159 e. The highest BCUT2D eigenvalue weighted by Gasteiger charge is 2.23. The first-order chi connectivity index (χ1) is 6.38. The Kier molecular flexibility index (Phi) is 3.27. The Balaban J connectivity index is 3.29. The van der Waals surface area contributed by atoms with Crippen LogP contribution in [-0.2, 0) is 5.41 Å². The summed E-state index contributed by atoms with van der Waals surface area (Å²) in [6.45, 7) is 3.38. The van der Waals surface area contributed by atoms with Gasteiger partial charge in [0.05, 0.1) is 6.61 Å². The molecular formula is C10H11BrF2O. The summed E-state index contributed by atoms with van der Waals surface area (Å²) in [5, 5.41) is 9.10. The summed E-state index contributed by atoms with van der Waals surface area (Å²) in [6.07, 6.45) is 0. The van der Waals surface area contributed by atoms with Crippen molar-refractivity contribution in [3.63, 3.8) is 0 Å². The Morgan fingerprint density at radius 3 is 2.29 bits per heavy atom. The lowest BCUT2D eigenvalue weighted by molar-refractivity contribution is 0.217. The highest BCUT2D eigenvalue weighted by Crippen LogP contribution is 2.31. The molecule has 1 aromatic carbocycles. The fraction of sp³-hybridized carbons (Fsp3) is 0.400. The summed E-state index contributed by atoms with van der Waals surface area (Å²) in [5.41, 5.74) is -0.0354. The molecule has 0 atom stereocenters. The highest BCUT2D eigenvalue weighted by molar-refractivity contribution is 9.10. The minimum Gasteiger partial charge on any atom is -0.395 e. The molecular weight excluding hydrogens is 254 g/mol. The standard InChI is InChI=1S/C10H11BrF2O/c1-10(2,5-14)6-3-8(12)9(13)4-7(6)11/h3-4,14H,5H2,1-2H3. The third-order valence-corrected chi connectivity index (χ3v) is 2.79. The molecule has 0 amide bonds. The van der Waals surface area contributed by atoms with Crippen molar-refractivity contribution in [3.8, 4) is 0 Å². The van der Waals surface area contributed by atoms with E-state index in [9.17, 15) is 8.78 Å². The van der Waals surface area contributed by atoms with Gasteiger partial charge in [0.25, 0.3) is 0 Å². The fourth-order valence-corrected chi connectivity index (χ4v) is 1.98. The Hall–Kier alpha value is -0.480. The summed E-state index contributed by atoms with van der Waals surface area (Å²) >= 11 is 3.14. The van der Waals surface area contributed by atoms with E-state index in [1.807, 2.05) is 0 Å². The third-order valence-electron chi connectivity index (χ3n) is 2.13. The van der Waals surface area contributed by atoms with Crippen molar-refractivity contribution in [2.75, 3.05) is 6.61 Å². The van der Waals surface area contributed by atoms with Crippen molar-refractivity contribution in [2.24, 2.45) is 0 Å². The molecule has 0 spiro atoms. The number of rotatable bonds is 2. The van der Waals surface area contributed by atoms with Crippen molar-refractivity contribution >= 4 is 15.9 Å². The van der Waals surface area contributed by atoms with Crippen LogP contribution in [-0.4, -0.2) is 11.7 Å². The maximum absolute atomic E-state index is 12.9. The molecule has 0 saturated heterocycles. The lowest BCUT2D eigenvalue weighted by atomic mass is 9.85. The van der Waals surface area contributed by atoms with Crippen molar-refractivity contribution in [1.82, 2.24) is 0 Å². The fourth-order valence-electron chi connectivity index (χ4n) is 1.13. The molecule has 1 nitrogen and oxygen atoms in total. The van der Waals surface area contributed by atoms with E-state index in [0.717, 1.165) is 12.1 Å². The average Bonchev–Trinajstić information content (AvgIpc) is 2.11. The van der Waals surface area contributed by atoms with E-state index in [1.54, 1.807) is 13.8 Å². The van der Waals surface area contributed by atoms with Gasteiger partial charge in [-0.1, -0.05) is 29.8 Å². The first-order valence-electron chi connectivity index (χ1n) is 4.14. The van der Waals surface area contributed by atoms with Crippen LogP contribution >= 0.6 is 15.9 Å². The number of benzene rings is 1. The van der Waals surface area contributed by atoms with Crippen molar-refractivity contribution < 1.29 is 13.9 Å². The number of aliphatic hydroxyl groups excluding tert-OH is 1. The van der Waals surface area contributed by atoms with Crippen LogP contribution in [0.2, 0.25) is 0 Å². The van der Waals surface area contributed by atoms with Gasteiger partial charge in [-0.15, -0.1) is 0 Å². The van der Waals surface area contributed by atoms with Crippen LogP contribution in [0.1, 0.15) is 19.4 Å². The van der Waals surface area contributed by atoms with E-state index >= 15 is 0 Å². The molecule has 1 rings (SSSR count). The highest BCUT2D eigenvalue weighted by atomic mass is 79.9. The molecule has 0 aromatic heterocycles. The second kappa shape index (κ2) is 3.95. The van der Waals surface area contributed by atoms with Gasteiger partial charge in [-0.25, -0.2) is 8.78 Å². The second-order valence-corrected chi connectivity index (χ2v) is 4.64. The zero-order valence-corrected chi connectivity index (χ0v) is 9.53. The van der Waals surface area contributed by atoms with Crippen LogP contribution < -0.4 is 0 Å². The lowest BCUT2D eigenvalue weighted by Crippen LogP contribution is -2.23. The van der Waals surface area contributed by atoms with Crippen LogP contribution in [0.25, 0.3) is 0 Å². The first-order valence-corrected chi connectivity index (χ1v) is 4.93. The van der Waals surface area contributed by atoms with Gasteiger partial charge >= 0.3 is 0 Å². The van der Waals surface area contributed by atoms with E-state index in [-0.39, 0.29) is 6.61 Å². The molecule has 78 valence electrons. The number of aliphatic hydroxyl groups is 1. The third kappa shape index (κ3) is 2.12. The normalized spacial score (nSPS) is 11.9. The molecule has 0 unspecified atom stereocenters. The smallest absolute Gasteiger partial charge is 0.159 e. The van der Waals surface area contributed by atoms with Crippen LogP contribution in [0.15, 0.2) is 16.6 Å². The van der Waals surface area contributed by atoms with Crippen LogP contribution in [0, 0.1) is 11.6 Å². The molecule has 0 radical (unpaired) electrons. The molecule has 1 N–H and O–H groups in total. The predicted molar refractivity (Wildman–Crippen MR) is 54.2 cm³/mol. The molecule has 0 heterocycles. The summed E-state index contributed by atoms with van der Waals surface area (Å²) in [7, 11) is 0. The molecule has 0 aliphatic carbocycles. The van der Waals surface area contributed by atoms with E-state index in [2.05, 4.69) is 15.9 Å². The quantitative estimate of drug-likeness (QED) is 0.815. The van der Waals surface area contributed by atoms with E-state index < -0.39 is 17.0 Å². The summed E-state index contributed by atoms with van der Waals surface area (Å²) in [6, 6.07) is 2.18. The molecule has 0 aliphatic rings. The predicted octanol–water partition coefficient (Wildman–Crippen LogP) is 3.00. The zero-order valence-electron chi connectivity index (χ0n) is 7.94. The maximum atomic E-state index is 12.9. The molecule has 4 heteroatoms. The molecule has 0 fully saturated rings. The number of hydrogen-bond donors (Lipinski definition) is 1. The monoisotopic (exact) mass is 264 g/mol. The van der Waals surface area contributed by atoms with Gasteiger partial charge in [0, 0.05) is 9.89 Å². The molecule has 14 heavy (non-hydrogen) atoms. The van der Waals surface area contributed by atoms with Crippen molar-refractivity contribution in [3.05, 3.63) is 33.8 Å². The molecule has 0 bridgehead atoms. The molecule has 0 aliphatic heterocycles. The average molecular weight is 265 g/mol. The largest absolute Gasteiger partial charge is 0.395 e. The van der Waals surface area contributed by atoms with Gasteiger partial charge in [0.2, 0.25) is 0 Å². The number of halogens is 3. The summed E-state index contributed by atoms with van der Waals surface area (Å²) in [5.74, 6) is -1.79. The Morgan fingerprint density at radius 1 is 1.29 bits per heavy atom. The minimum absolute atomic E-state index is 0.128. The zero-order chi connectivity index (χ0) is 10.9. The Bertz CT molecular complexity index is 350. The number of hydrogen-bond acceptors (Lipinski definition) is 1. The Morgan fingerprint density at radius 2 is 1.79 bits per heavy atom. The van der Waals surface area contributed by atoms with E-state index in [0.29, 0.717) is 10.0 Å². The van der Waals surface area contributed by atoms with Gasteiger partial charge in [-0.05, 0) is 17.7 Å². The van der Waals surface area contributed by atoms with Gasteiger partial charge in [0.15, 0.2) is 11.6 Å².